The lowest BCUT2D eigenvalue weighted by molar-refractivity contribution is -0.123. The highest BCUT2D eigenvalue weighted by Gasteiger charge is 2.44. The Hall–Kier alpha value is -2.57. The van der Waals surface area contributed by atoms with E-state index in [0.717, 1.165) is 5.56 Å². The average Bonchev–Trinajstić information content (AvgIpc) is 2.68. The fourth-order valence-corrected chi connectivity index (χ4v) is 3.33. The Morgan fingerprint density at radius 3 is 2.38 bits per heavy atom. The summed E-state index contributed by atoms with van der Waals surface area (Å²) in [4.78, 5) is 13.7. The monoisotopic (exact) mass is 399 g/mol. The molecular weight excluding hydrogens is 370 g/mol. The molecule has 1 heterocycles. The molecule has 0 aromatic heterocycles. The van der Waals surface area contributed by atoms with Crippen molar-refractivity contribution in [3.05, 3.63) is 65.7 Å². The van der Waals surface area contributed by atoms with Crippen molar-refractivity contribution in [2.45, 2.75) is 51.1 Å². The largest absolute Gasteiger partial charge is 0.489 e. The molecule has 2 aromatic carbocycles. The minimum atomic E-state index is -1.42. The summed E-state index contributed by atoms with van der Waals surface area (Å²) in [6.07, 6.45) is -1.37. The number of β-amino-alcohol motifs (C(OH)–C–C–N with tert-alkyl or cyclic N) is 1. The number of rotatable bonds is 4. The minimum Gasteiger partial charge on any atom is -0.489 e. The summed E-state index contributed by atoms with van der Waals surface area (Å²) in [6, 6.07) is 16.9. The Morgan fingerprint density at radius 2 is 1.79 bits per heavy atom. The molecule has 0 saturated carbocycles. The molecule has 0 aliphatic carbocycles. The number of aliphatic hydroxyl groups is 2. The van der Waals surface area contributed by atoms with Gasteiger partial charge in [-0.05, 0) is 44.0 Å². The summed E-state index contributed by atoms with van der Waals surface area (Å²) in [6.45, 7) is 6.15. The topological polar surface area (TPSA) is 79.2 Å². The maximum Gasteiger partial charge on any atom is 0.410 e. The smallest absolute Gasteiger partial charge is 0.410 e. The van der Waals surface area contributed by atoms with Crippen LogP contribution in [0.5, 0.6) is 5.75 Å². The zero-order valence-electron chi connectivity index (χ0n) is 17.2. The first kappa shape index (κ1) is 21.1. The standard InChI is InChI=1S/C23H29NO5/c1-22(2,3)29-21(26)24-14-13-23(27,20(25)15-24)18-9-11-19(12-10-18)28-16-17-7-5-4-6-8-17/h4-12,20,25,27H,13-16H2,1-3H3/t20-,23-/m1/s1. The SMILES string of the molecule is CC(C)(C)OC(=O)N1CC[C@@](O)(c2ccc(OCc3ccccc3)cc2)[C@H](O)C1. The number of piperidine rings is 1. The summed E-state index contributed by atoms with van der Waals surface area (Å²) in [5, 5.41) is 21.7. The van der Waals surface area contributed by atoms with Crippen molar-refractivity contribution in [2.75, 3.05) is 13.1 Å². The van der Waals surface area contributed by atoms with Crippen molar-refractivity contribution >= 4 is 6.09 Å². The van der Waals surface area contributed by atoms with Crippen LogP contribution in [0.25, 0.3) is 0 Å². The van der Waals surface area contributed by atoms with Gasteiger partial charge in [0.05, 0.1) is 6.54 Å². The van der Waals surface area contributed by atoms with Crippen molar-refractivity contribution in [1.82, 2.24) is 4.90 Å². The second kappa shape index (κ2) is 8.43. The van der Waals surface area contributed by atoms with Crippen LogP contribution in [0.15, 0.2) is 54.6 Å². The van der Waals surface area contributed by atoms with Crippen LogP contribution in [0, 0.1) is 0 Å². The molecule has 0 unspecified atom stereocenters. The first-order chi connectivity index (χ1) is 13.7. The molecular formula is C23H29NO5. The maximum atomic E-state index is 12.2. The molecule has 1 fully saturated rings. The van der Waals surface area contributed by atoms with Crippen LogP contribution in [0.4, 0.5) is 4.79 Å². The van der Waals surface area contributed by atoms with E-state index < -0.39 is 23.4 Å². The first-order valence-electron chi connectivity index (χ1n) is 9.83. The lowest BCUT2D eigenvalue weighted by atomic mass is 9.82. The predicted octanol–water partition coefficient (Wildman–Crippen LogP) is 3.45. The summed E-state index contributed by atoms with van der Waals surface area (Å²) in [7, 11) is 0. The molecule has 2 N–H and O–H groups in total. The zero-order valence-corrected chi connectivity index (χ0v) is 17.2. The van der Waals surface area contributed by atoms with E-state index in [2.05, 4.69) is 0 Å². The number of nitrogens with zero attached hydrogens (tertiary/aromatic N) is 1. The Balaban J connectivity index is 1.62. The number of benzene rings is 2. The number of carbonyl (C=O) groups is 1. The van der Waals surface area contributed by atoms with E-state index in [4.69, 9.17) is 9.47 Å². The lowest BCUT2D eigenvalue weighted by Gasteiger charge is -2.42. The van der Waals surface area contributed by atoms with E-state index in [-0.39, 0.29) is 13.0 Å². The number of likely N-dealkylation sites (tertiary alicyclic amines) is 1. The maximum absolute atomic E-state index is 12.2. The third kappa shape index (κ3) is 5.28. The fraction of sp³-hybridized carbons (Fsp3) is 0.435. The van der Waals surface area contributed by atoms with Gasteiger partial charge in [-0.15, -0.1) is 0 Å². The molecule has 1 aliphatic heterocycles. The van der Waals surface area contributed by atoms with Crippen molar-refractivity contribution in [3.8, 4) is 5.75 Å². The quantitative estimate of drug-likeness (QED) is 0.823. The second-order valence-electron chi connectivity index (χ2n) is 8.42. The van der Waals surface area contributed by atoms with E-state index >= 15 is 0 Å². The second-order valence-corrected chi connectivity index (χ2v) is 8.42. The van der Waals surface area contributed by atoms with Gasteiger partial charge in [-0.25, -0.2) is 4.79 Å². The molecule has 0 spiro atoms. The van der Waals surface area contributed by atoms with Crippen LogP contribution >= 0.6 is 0 Å². The molecule has 3 rings (SSSR count). The normalized spacial score (nSPS) is 22.2. The van der Waals surface area contributed by atoms with Crippen LogP contribution in [0.3, 0.4) is 0 Å². The van der Waals surface area contributed by atoms with Gasteiger partial charge < -0.3 is 24.6 Å². The fourth-order valence-electron chi connectivity index (χ4n) is 3.33. The van der Waals surface area contributed by atoms with E-state index in [1.807, 2.05) is 30.3 Å². The molecule has 29 heavy (non-hydrogen) atoms. The first-order valence-corrected chi connectivity index (χ1v) is 9.83. The number of aliphatic hydroxyl groups excluding tert-OH is 1. The summed E-state index contributed by atoms with van der Waals surface area (Å²) < 4.78 is 11.1. The molecule has 156 valence electrons. The van der Waals surface area contributed by atoms with Gasteiger partial charge in [-0.3, -0.25) is 0 Å². The van der Waals surface area contributed by atoms with Crippen molar-refractivity contribution in [2.24, 2.45) is 0 Å². The minimum absolute atomic E-state index is 0.0116. The Bertz CT molecular complexity index is 815. The Labute approximate surface area is 171 Å². The molecule has 2 aromatic rings. The van der Waals surface area contributed by atoms with Crippen LogP contribution in [-0.2, 0) is 16.9 Å². The molecule has 0 bridgehead atoms. The molecule has 0 radical (unpaired) electrons. The predicted molar refractivity (Wildman–Crippen MR) is 110 cm³/mol. The summed E-state index contributed by atoms with van der Waals surface area (Å²) >= 11 is 0. The molecule has 1 aliphatic rings. The van der Waals surface area contributed by atoms with Gasteiger partial charge in [-0.2, -0.15) is 0 Å². The van der Waals surface area contributed by atoms with E-state index in [1.54, 1.807) is 45.0 Å². The molecule has 6 nitrogen and oxygen atoms in total. The Morgan fingerprint density at radius 1 is 1.14 bits per heavy atom. The van der Waals surface area contributed by atoms with Crippen LogP contribution < -0.4 is 4.74 Å². The lowest BCUT2D eigenvalue weighted by Crippen LogP contribution is -2.55. The van der Waals surface area contributed by atoms with E-state index in [1.165, 1.54) is 4.90 Å². The van der Waals surface area contributed by atoms with Gasteiger partial charge >= 0.3 is 6.09 Å². The van der Waals surface area contributed by atoms with Gasteiger partial charge in [-0.1, -0.05) is 42.5 Å². The highest BCUT2D eigenvalue weighted by molar-refractivity contribution is 5.68. The van der Waals surface area contributed by atoms with Crippen molar-refractivity contribution in [3.63, 3.8) is 0 Å². The Kier molecular flexibility index (Phi) is 6.15. The third-order valence-electron chi connectivity index (χ3n) is 4.96. The third-order valence-corrected chi connectivity index (χ3v) is 4.96. The van der Waals surface area contributed by atoms with Gasteiger partial charge in [0.25, 0.3) is 0 Å². The average molecular weight is 399 g/mol. The summed E-state index contributed by atoms with van der Waals surface area (Å²) in [5.74, 6) is 0.682. The van der Waals surface area contributed by atoms with Crippen LogP contribution in [0.1, 0.15) is 38.3 Å². The number of carbonyl (C=O) groups excluding carboxylic acids is 1. The van der Waals surface area contributed by atoms with E-state index in [0.29, 0.717) is 24.5 Å². The van der Waals surface area contributed by atoms with Gasteiger partial charge in [0.1, 0.15) is 29.7 Å². The zero-order chi connectivity index (χ0) is 21.1. The van der Waals surface area contributed by atoms with Gasteiger partial charge in [0.15, 0.2) is 0 Å². The number of ether oxygens (including phenoxy) is 2. The van der Waals surface area contributed by atoms with Crippen LogP contribution in [0.2, 0.25) is 0 Å². The van der Waals surface area contributed by atoms with Gasteiger partial charge in [0.2, 0.25) is 0 Å². The van der Waals surface area contributed by atoms with Crippen LogP contribution in [-0.4, -0.2) is 46.0 Å². The number of hydrogen-bond donors (Lipinski definition) is 2. The highest BCUT2D eigenvalue weighted by atomic mass is 16.6. The summed E-state index contributed by atoms with van der Waals surface area (Å²) in [5.41, 5.74) is -0.358. The molecule has 1 amide bonds. The highest BCUT2D eigenvalue weighted by Crippen LogP contribution is 2.34. The molecule has 6 heteroatoms. The number of amides is 1. The van der Waals surface area contributed by atoms with E-state index in [9.17, 15) is 15.0 Å². The van der Waals surface area contributed by atoms with Crippen molar-refractivity contribution in [1.29, 1.82) is 0 Å². The van der Waals surface area contributed by atoms with Gasteiger partial charge in [0, 0.05) is 13.0 Å². The molecule has 1 saturated heterocycles. The molecule has 2 atom stereocenters. The van der Waals surface area contributed by atoms with Crippen molar-refractivity contribution < 1.29 is 24.5 Å². The number of hydrogen-bond acceptors (Lipinski definition) is 5.